The summed E-state index contributed by atoms with van der Waals surface area (Å²) in [6.07, 6.45) is 6.33. The molecule has 3 aromatic rings. The summed E-state index contributed by atoms with van der Waals surface area (Å²) in [6.45, 7) is 1.88. The molecule has 0 fully saturated rings. The number of pyridine rings is 1. The molecule has 7 nitrogen and oxygen atoms in total. The highest BCUT2D eigenvalue weighted by Gasteiger charge is 2.26. The first-order chi connectivity index (χ1) is 13.5. The molecule has 5 rings (SSSR count). The topological polar surface area (TPSA) is 73.7 Å². The summed E-state index contributed by atoms with van der Waals surface area (Å²) in [5.41, 5.74) is 2.49. The number of hydrogen-bond acceptors (Lipinski definition) is 6. The Morgan fingerprint density at radius 1 is 1.14 bits per heavy atom. The first-order valence-corrected chi connectivity index (χ1v) is 10.5. The molecule has 144 valence electrons. The van der Waals surface area contributed by atoms with Crippen LogP contribution < -0.4 is 9.47 Å². The van der Waals surface area contributed by atoms with Crippen LogP contribution in [0.4, 0.5) is 0 Å². The maximum absolute atomic E-state index is 13.4. The van der Waals surface area contributed by atoms with Crippen LogP contribution in [0.5, 0.6) is 11.5 Å². The van der Waals surface area contributed by atoms with Crippen molar-refractivity contribution >= 4 is 26.6 Å². The fourth-order valence-electron chi connectivity index (χ4n) is 3.64. The zero-order valence-corrected chi connectivity index (χ0v) is 16.1. The average Bonchev–Trinajstić information content (AvgIpc) is 3.33. The SMILES string of the molecule is CN1CC=C(c2cn(S(=O)(=O)c3ccc4c(c3)OCO4)c3ncccc23)CC1. The van der Waals surface area contributed by atoms with Crippen molar-refractivity contribution in [3.05, 3.63) is 54.4 Å². The predicted octanol–water partition coefficient (Wildman–Crippen LogP) is 2.72. The molecule has 28 heavy (non-hydrogen) atoms. The summed E-state index contributed by atoms with van der Waals surface area (Å²) in [7, 11) is -1.76. The zero-order chi connectivity index (χ0) is 19.3. The lowest BCUT2D eigenvalue weighted by atomic mass is 10.00. The van der Waals surface area contributed by atoms with Gasteiger partial charge in [0.2, 0.25) is 6.79 Å². The van der Waals surface area contributed by atoms with Gasteiger partial charge >= 0.3 is 0 Å². The van der Waals surface area contributed by atoms with E-state index in [9.17, 15) is 8.42 Å². The highest BCUT2D eigenvalue weighted by Crippen LogP contribution is 2.36. The van der Waals surface area contributed by atoms with Gasteiger partial charge in [-0.15, -0.1) is 0 Å². The number of likely N-dealkylation sites (N-methyl/N-ethyl adjacent to an activating group) is 1. The Labute approximate surface area is 162 Å². The second-order valence-corrected chi connectivity index (χ2v) is 8.79. The van der Waals surface area contributed by atoms with Crippen molar-refractivity contribution in [3.63, 3.8) is 0 Å². The normalized spacial score (nSPS) is 17.1. The molecule has 0 N–H and O–H groups in total. The first-order valence-electron chi connectivity index (χ1n) is 9.03. The van der Waals surface area contributed by atoms with Gasteiger partial charge in [-0.1, -0.05) is 6.08 Å². The summed E-state index contributed by atoms with van der Waals surface area (Å²) in [4.78, 5) is 6.73. The summed E-state index contributed by atoms with van der Waals surface area (Å²) in [6, 6.07) is 8.41. The number of benzene rings is 1. The van der Waals surface area contributed by atoms with Crippen LogP contribution in [0.3, 0.4) is 0 Å². The van der Waals surface area contributed by atoms with Gasteiger partial charge in [0.15, 0.2) is 17.1 Å². The minimum absolute atomic E-state index is 0.0968. The Balaban J connectivity index is 1.67. The molecule has 0 spiro atoms. The van der Waals surface area contributed by atoms with Crippen LogP contribution in [0.2, 0.25) is 0 Å². The number of fused-ring (bicyclic) bond motifs is 2. The Morgan fingerprint density at radius 2 is 2.00 bits per heavy atom. The molecular weight excluding hydrogens is 378 g/mol. The van der Waals surface area contributed by atoms with Crippen molar-refractivity contribution in [2.45, 2.75) is 11.3 Å². The van der Waals surface area contributed by atoms with Crippen LogP contribution >= 0.6 is 0 Å². The minimum atomic E-state index is -3.83. The summed E-state index contributed by atoms with van der Waals surface area (Å²) < 4.78 is 38.7. The lowest BCUT2D eigenvalue weighted by Crippen LogP contribution is -2.23. The van der Waals surface area contributed by atoms with E-state index in [2.05, 4.69) is 23.0 Å². The molecule has 0 aliphatic carbocycles. The van der Waals surface area contributed by atoms with Gasteiger partial charge in [-0.25, -0.2) is 17.4 Å². The molecule has 0 radical (unpaired) electrons. The van der Waals surface area contributed by atoms with Crippen LogP contribution in [0.1, 0.15) is 12.0 Å². The van der Waals surface area contributed by atoms with E-state index in [-0.39, 0.29) is 11.7 Å². The number of hydrogen-bond donors (Lipinski definition) is 0. The highest BCUT2D eigenvalue weighted by molar-refractivity contribution is 7.90. The van der Waals surface area contributed by atoms with Gasteiger partial charge < -0.3 is 14.4 Å². The fraction of sp³-hybridized carbons (Fsp3) is 0.250. The van der Waals surface area contributed by atoms with Crippen molar-refractivity contribution in [1.82, 2.24) is 13.9 Å². The summed E-state index contributed by atoms with van der Waals surface area (Å²) >= 11 is 0. The van der Waals surface area contributed by atoms with Crippen molar-refractivity contribution in [2.75, 3.05) is 26.9 Å². The monoisotopic (exact) mass is 397 g/mol. The Bertz CT molecular complexity index is 1210. The van der Waals surface area contributed by atoms with Gasteiger partial charge in [-0.3, -0.25) is 0 Å². The summed E-state index contributed by atoms with van der Waals surface area (Å²) in [5.74, 6) is 0.982. The third kappa shape index (κ3) is 2.68. The minimum Gasteiger partial charge on any atom is -0.454 e. The molecule has 2 aliphatic rings. The molecule has 0 saturated heterocycles. The smallest absolute Gasteiger partial charge is 0.269 e. The van der Waals surface area contributed by atoms with Gasteiger partial charge in [0.1, 0.15) is 0 Å². The van der Waals surface area contributed by atoms with Crippen molar-refractivity contribution in [3.8, 4) is 11.5 Å². The Morgan fingerprint density at radius 3 is 2.82 bits per heavy atom. The molecule has 4 heterocycles. The van der Waals surface area contributed by atoms with Crippen LogP contribution in [0.25, 0.3) is 16.6 Å². The molecule has 2 aromatic heterocycles. The third-order valence-electron chi connectivity index (χ3n) is 5.19. The molecule has 0 atom stereocenters. The van der Waals surface area contributed by atoms with E-state index in [0.29, 0.717) is 17.1 Å². The van der Waals surface area contributed by atoms with E-state index < -0.39 is 10.0 Å². The van der Waals surface area contributed by atoms with Gasteiger partial charge in [0.05, 0.1) is 4.90 Å². The zero-order valence-electron chi connectivity index (χ0n) is 15.3. The predicted molar refractivity (Wildman–Crippen MR) is 105 cm³/mol. The first kappa shape index (κ1) is 17.3. The van der Waals surface area contributed by atoms with Gasteiger partial charge in [-0.05, 0) is 43.3 Å². The second-order valence-electron chi connectivity index (χ2n) is 6.97. The fourth-order valence-corrected chi connectivity index (χ4v) is 4.98. The third-order valence-corrected chi connectivity index (χ3v) is 6.84. The molecule has 8 heteroatoms. The van der Waals surface area contributed by atoms with Gasteiger partial charge in [0, 0.05) is 42.5 Å². The maximum Gasteiger partial charge on any atom is 0.269 e. The lowest BCUT2D eigenvalue weighted by molar-refractivity contribution is 0.174. The molecule has 0 bridgehead atoms. The Hall–Kier alpha value is -2.84. The van der Waals surface area contributed by atoms with E-state index in [1.54, 1.807) is 18.5 Å². The van der Waals surface area contributed by atoms with Crippen LogP contribution in [-0.2, 0) is 10.0 Å². The van der Waals surface area contributed by atoms with Crippen molar-refractivity contribution < 1.29 is 17.9 Å². The highest BCUT2D eigenvalue weighted by atomic mass is 32.2. The second kappa shape index (κ2) is 6.35. The Kier molecular flexibility index (Phi) is 3.92. The number of nitrogens with zero attached hydrogens (tertiary/aromatic N) is 3. The molecule has 0 amide bonds. The number of aromatic nitrogens is 2. The lowest BCUT2D eigenvalue weighted by Gasteiger charge is -2.21. The average molecular weight is 397 g/mol. The van der Waals surface area contributed by atoms with E-state index in [1.807, 2.05) is 12.1 Å². The van der Waals surface area contributed by atoms with Crippen LogP contribution in [-0.4, -0.2) is 49.2 Å². The van der Waals surface area contributed by atoms with Crippen LogP contribution in [0, 0.1) is 0 Å². The number of ether oxygens (including phenoxy) is 2. The van der Waals surface area contributed by atoms with E-state index >= 15 is 0 Å². The number of rotatable bonds is 3. The van der Waals surface area contributed by atoms with Gasteiger partial charge in [-0.2, -0.15) is 0 Å². The van der Waals surface area contributed by atoms with E-state index in [4.69, 9.17) is 9.47 Å². The largest absolute Gasteiger partial charge is 0.454 e. The summed E-state index contributed by atoms with van der Waals surface area (Å²) in [5, 5.41) is 0.836. The van der Waals surface area contributed by atoms with E-state index in [1.165, 1.54) is 16.1 Å². The maximum atomic E-state index is 13.4. The molecule has 0 unspecified atom stereocenters. The van der Waals surface area contributed by atoms with Crippen molar-refractivity contribution in [2.24, 2.45) is 0 Å². The van der Waals surface area contributed by atoms with Crippen LogP contribution in [0.15, 0.2) is 53.7 Å². The molecule has 1 aromatic carbocycles. The van der Waals surface area contributed by atoms with Gasteiger partial charge in [0.25, 0.3) is 10.0 Å². The van der Waals surface area contributed by atoms with Crippen molar-refractivity contribution in [1.29, 1.82) is 0 Å². The molecule has 2 aliphatic heterocycles. The standard InChI is InChI=1S/C20H19N3O4S/c1-22-9-6-14(7-10-22)17-12-23(20-16(17)3-2-8-21-20)28(24,25)15-4-5-18-19(11-15)27-13-26-18/h2-6,8,11-12H,7,9-10,13H2,1H3. The molecule has 0 saturated carbocycles. The molecular formula is C20H19N3O4S. The quantitative estimate of drug-likeness (QED) is 0.677. The van der Waals surface area contributed by atoms with E-state index in [0.717, 1.165) is 36.0 Å².